The molecule has 1 aromatic heterocycles. The number of phenolic OH excluding ortho intramolecular Hbond substituents is 1. The second-order valence-electron chi connectivity index (χ2n) is 24.9. The Kier molecular flexibility index (Phi) is 27.9. The first-order valence-corrected chi connectivity index (χ1v) is 32.7. The number of primary amides is 1. The first kappa shape index (κ1) is 75.9. The fourth-order valence-electron chi connectivity index (χ4n) is 11.8. The molecule has 100 heavy (non-hydrogen) atoms. The van der Waals surface area contributed by atoms with Crippen LogP contribution in [-0.4, -0.2) is 181 Å². The molecule has 534 valence electrons. The quantitative estimate of drug-likeness (QED) is 0.0108. The van der Waals surface area contributed by atoms with Crippen LogP contribution >= 0.6 is 0 Å². The number of urea groups is 1. The van der Waals surface area contributed by atoms with Crippen LogP contribution in [0.3, 0.4) is 0 Å². The van der Waals surface area contributed by atoms with Gasteiger partial charge in [0.25, 0.3) is 11.9 Å². The number of likely N-dealkylation sites (tertiary alicyclic amines) is 1. The van der Waals surface area contributed by atoms with Crippen molar-refractivity contribution >= 4 is 93.4 Å². The largest absolute Gasteiger partial charge is 0.508 e. The number of aromatic nitrogens is 2. The van der Waals surface area contributed by atoms with Gasteiger partial charge >= 0.3 is 6.03 Å². The van der Waals surface area contributed by atoms with Crippen molar-refractivity contribution in [2.24, 2.45) is 28.1 Å². The third kappa shape index (κ3) is 22.8. The molecule has 0 spiro atoms. The highest BCUT2D eigenvalue weighted by molar-refractivity contribution is 6.00. The molecule has 32 heteroatoms. The summed E-state index contributed by atoms with van der Waals surface area (Å²) in [4.78, 5) is 175. The maximum absolute atomic E-state index is 15.1. The number of benzene rings is 4. The Balaban J connectivity index is 0.00000342. The number of aromatic amines is 1. The summed E-state index contributed by atoms with van der Waals surface area (Å²) in [6, 6.07) is 12.7. The van der Waals surface area contributed by atoms with Crippen molar-refractivity contribution in [2.45, 2.75) is 152 Å². The van der Waals surface area contributed by atoms with Gasteiger partial charge in [0, 0.05) is 64.0 Å². The summed E-state index contributed by atoms with van der Waals surface area (Å²) in [5, 5.41) is 51.9. The number of aliphatic carboxylic acids is 1. The molecule has 1 aliphatic carbocycles. The summed E-state index contributed by atoms with van der Waals surface area (Å²) in [6.45, 7) is 3.85. The Morgan fingerprint density at radius 2 is 1.23 bits per heavy atom. The number of rotatable bonds is 31. The lowest BCUT2D eigenvalue weighted by molar-refractivity contribution is -0.142. The molecular formula is C68H87N17O15. The maximum Gasteiger partial charge on any atom is 0.330 e. The van der Waals surface area contributed by atoms with Gasteiger partial charge in [-0.2, -0.15) is 0 Å². The number of aliphatic hydroxyl groups is 1. The van der Waals surface area contributed by atoms with E-state index in [2.05, 4.69) is 62.9 Å². The highest BCUT2D eigenvalue weighted by Gasteiger charge is 2.40. The fraction of sp³-hybridized carbons (Fsp3) is 0.412. The van der Waals surface area contributed by atoms with E-state index < -0.39 is 126 Å². The Morgan fingerprint density at radius 3 is 1.84 bits per heavy atom. The van der Waals surface area contributed by atoms with Crippen LogP contribution in [0.1, 0.15) is 100 Å². The van der Waals surface area contributed by atoms with Gasteiger partial charge in [0.05, 0.1) is 12.9 Å². The van der Waals surface area contributed by atoms with Crippen LogP contribution in [0.15, 0.2) is 115 Å². The zero-order valence-corrected chi connectivity index (χ0v) is 55.6. The van der Waals surface area contributed by atoms with Crippen LogP contribution in [0.2, 0.25) is 0 Å². The summed E-state index contributed by atoms with van der Waals surface area (Å²) in [5.41, 5.74) is 24.4. The highest BCUT2D eigenvalue weighted by atomic mass is 16.4. The minimum absolute atomic E-state index is 0.0174. The molecule has 20 N–H and O–H groups in total. The number of allylic oxidation sites excluding steroid dienone is 1. The number of phenols is 1. The molecule has 3 heterocycles. The lowest BCUT2D eigenvalue weighted by Crippen LogP contribution is -2.61. The van der Waals surface area contributed by atoms with Crippen molar-refractivity contribution in [1.29, 1.82) is 0 Å². The number of hydrazine groups is 1. The number of amides is 12. The second kappa shape index (κ2) is 36.8. The van der Waals surface area contributed by atoms with Gasteiger partial charge in [-0.1, -0.05) is 98.8 Å². The predicted molar refractivity (Wildman–Crippen MR) is 365 cm³/mol. The topological polar surface area (TPSA) is 508 Å². The number of hydrogen-bond donors (Lipinski definition) is 17. The minimum atomic E-state index is -1.79. The van der Waals surface area contributed by atoms with E-state index in [4.69, 9.17) is 27.1 Å². The van der Waals surface area contributed by atoms with Crippen LogP contribution in [0.25, 0.3) is 16.3 Å². The Bertz CT molecular complexity index is 3820. The number of hydrogen-bond acceptors (Lipinski definition) is 16. The van der Waals surface area contributed by atoms with E-state index in [9.17, 15) is 53.4 Å². The SMILES string of the molecule is CC(=O)O.CC(C)C[C@H](NC(=O)[C@@H](Cc1ccc2ccccc2c1)NC(=O)[C@H](Cc1ccc(O)cc1)NC(=O)[C@H](CO)NC(=O)[C@H](CC1=CCc2ccccc21)NC(=O)[C@H](Cc1cnc[nH]1)NC(=O)[C@@H]1CCC(=O)N1)C(=O)N[C@@H](CCCN=C(N)N)C(=O)N1CCC[C@H]1C(=O)NNC(N)=O. The van der Waals surface area contributed by atoms with Crippen LogP contribution in [0, 0.1) is 5.92 Å². The van der Waals surface area contributed by atoms with E-state index in [1.165, 1.54) is 41.7 Å². The molecule has 5 aromatic rings. The van der Waals surface area contributed by atoms with Gasteiger partial charge in [0.15, 0.2) is 5.96 Å². The molecule has 12 amide bonds. The van der Waals surface area contributed by atoms with Gasteiger partial charge in [-0.3, -0.25) is 63.2 Å². The summed E-state index contributed by atoms with van der Waals surface area (Å²) in [5.74, 6) is -9.14. The average Bonchev–Trinajstić information content (AvgIpc) is 1.53. The number of aliphatic imine (C=N–C) groups is 1. The van der Waals surface area contributed by atoms with Crippen molar-refractivity contribution in [3.05, 3.63) is 138 Å². The van der Waals surface area contributed by atoms with Crippen molar-refractivity contribution in [2.75, 3.05) is 19.7 Å². The molecule has 4 aromatic carbocycles. The van der Waals surface area contributed by atoms with Crippen LogP contribution in [-0.2, 0) is 78.4 Å². The minimum Gasteiger partial charge on any atom is -0.508 e. The molecule has 0 radical (unpaired) electrons. The molecule has 8 rings (SSSR count). The number of carboxylic acids is 1. The number of carboxylic acid groups (broad SMARTS) is 1. The van der Waals surface area contributed by atoms with Gasteiger partial charge in [-0.05, 0) is 102 Å². The van der Waals surface area contributed by atoms with Crippen molar-refractivity contribution in [3.8, 4) is 5.75 Å². The Morgan fingerprint density at radius 1 is 0.660 bits per heavy atom. The lowest BCUT2D eigenvalue weighted by atomic mass is 9.98. The summed E-state index contributed by atoms with van der Waals surface area (Å²) in [6.07, 6.45) is 5.65. The number of nitrogens with two attached hydrogens (primary N) is 3. The normalized spacial score (nSPS) is 16.5. The maximum atomic E-state index is 15.1. The molecular weight excluding hydrogens is 1290 g/mol. The van der Waals surface area contributed by atoms with Crippen molar-refractivity contribution in [1.82, 2.24) is 68.3 Å². The number of nitrogens with zero attached hydrogens (tertiary/aromatic N) is 3. The number of fused-ring (bicyclic) bond motifs is 2. The molecule has 2 aliphatic heterocycles. The predicted octanol–water partition coefficient (Wildman–Crippen LogP) is -1.13. The van der Waals surface area contributed by atoms with E-state index in [0.717, 1.165) is 28.8 Å². The lowest BCUT2D eigenvalue weighted by Gasteiger charge is -2.30. The van der Waals surface area contributed by atoms with Gasteiger partial charge in [-0.15, -0.1) is 0 Å². The third-order valence-corrected chi connectivity index (χ3v) is 16.7. The number of guanidine groups is 1. The first-order chi connectivity index (χ1) is 47.7. The Hall–Kier alpha value is -11.4. The van der Waals surface area contributed by atoms with Crippen molar-refractivity contribution in [3.63, 3.8) is 0 Å². The van der Waals surface area contributed by atoms with E-state index in [1.54, 1.807) is 19.9 Å². The summed E-state index contributed by atoms with van der Waals surface area (Å²) in [7, 11) is 0. The average molecular weight is 1380 g/mol. The second-order valence-corrected chi connectivity index (χ2v) is 24.9. The van der Waals surface area contributed by atoms with Crippen LogP contribution in [0.4, 0.5) is 4.79 Å². The fourth-order valence-corrected chi connectivity index (χ4v) is 11.8. The van der Waals surface area contributed by atoms with E-state index in [0.29, 0.717) is 35.2 Å². The molecule has 9 atom stereocenters. The molecule has 0 saturated carbocycles. The smallest absolute Gasteiger partial charge is 0.330 e. The number of carbonyl (C=O) groups is 12. The summed E-state index contributed by atoms with van der Waals surface area (Å²) >= 11 is 0. The number of H-pyrrole nitrogens is 1. The van der Waals surface area contributed by atoms with Crippen LogP contribution in [0.5, 0.6) is 5.75 Å². The molecule has 2 saturated heterocycles. The van der Waals surface area contributed by atoms with E-state index in [-0.39, 0.29) is 101 Å². The zero-order valence-electron chi connectivity index (χ0n) is 55.6. The molecule has 3 aliphatic rings. The Labute approximate surface area is 575 Å². The monoisotopic (exact) mass is 1380 g/mol. The van der Waals surface area contributed by atoms with E-state index >= 15 is 9.59 Å². The number of nitrogens with one attached hydrogen (secondary N) is 11. The number of aliphatic hydroxyl groups excluding tert-OH is 1. The molecule has 0 bridgehead atoms. The number of aromatic hydroxyl groups is 1. The first-order valence-electron chi connectivity index (χ1n) is 32.7. The number of carbonyl (C=O) groups excluding carboxylic acids is 11. The number of imidazole rings is 1. The molecule has 2 fully saturated rings. The van der Waals surface area contributed by atoms with Crippen molar-refractivity contribution < 1.29 is 72.9 Å². The third-order valence-electron chi connectivity index (χ3n) is 16.7. The molecule has 0 unspecified atom stereocenters. The van der Waals surface area contributed by atoms with Gasteiger partial charge < -0.3 is 84.9 Å². The van der Waals surface area contributed by atoms with Gasteiger partial charge in [-0.25, -0.2) is 15.2 Å². The van der Waals surface area contributed by atoms with Gasteiger partial charge in [0.2, 0.25) is 53.2 Å². The van der Waals surface area contributed by atoms with Crippen LogP contribution < -0.4 is 70.6 Å². The standard InChI is InChI=1S/C66H83N17O13.C2H4O2/c1-36(2)27-48(57(88)74-47(13-7-25-71-65(67)68)64(95)83-26-8-14-54(83)63(94)81-82-66(69)96)75-59(90)50(30-38-15-18-39-9-3-4-11-41(39)28-38)76-58(89)49(29-37-16-21-44(85)22-17-37)77-62(93)53(34-84)80-60(91)51(31-42-20-19-40-10-5-6-12-45(40)42)78-61(92)52(32-43-33-70-35-72-43)79-56(87)46-23-24-55(86)73-46;1-2(3)4/h3-6,9-12,15-18,20-22,28,33,35-36,46-54,84-85H,7-8,13-14,19,23-27,29-32,34H2,1-2H3,(H,70,72)(H,73,86)(H,74,88)(H,75,90)(H,76,89)(H,77,93)(H,78,92)(H,79,87)(H,80,91)(H,81,94)(H4,67,68,71)(H3,69,82,96);1H3,(H,3,4)/t46-,47-,48-,49-,50+,51-,52-,53-,54-;/m0./s1. The van der Waals surface area contributed by atoms with Gasteiger partial charge in [0.1, 0.15) is 60.1 Å². The van der Waals surface area contributed by atoms with E-state index in [1.807, 2.05) is 72.2 Å². The molecule has 32 nitrogen and oxygen atoms in total. The summed E-state index contributed by atoms with van der Waals surface area (Å²) < 4.78 is 0. The highest BCUT2D eigenvalue weighted by Crippen LogP contribution is 2.31. The zero-order chi connectivity index (χ0) is 72.6.